The largest absolute Gasteiger partial charge is 0.381 e. The summed E-state index contributed by atoms with van der Waals surface area (Å²) >= 11 is 0. The monoisotopic (exact) mass is 501 g/mol. The van der Waals surface area contributed by atoms with Crippen molar-refractivity contribution in [3.05, 3.63) is 168 Å². The summed E-state index contributed by atoms with van der Waals surface area (Å²) in [6, 6.07) is 8.94. The zero-order valence-electron chi connectivity index (χ0n) is 22.0. The van der Waals surface area contributed by atoms with E-state index in [0.717, 1.165) is 18.5 Å². The number of allylic oxidation sites excluding steroid dienone is 19. The van der Waals surface area contributed by atoms with E-state index in [-0.39, 0.29) is 0 Å². The Morgan fingerprint density at radius 3 is 2.65 bits per heavy atom. The third-order valence-electron chi connectivity index (χ3n) is 6.72. The second kappa shape index (κ2) is 12.5. The maximum absolute atomic E-state index is 4.50. The average molecular weight is 502 g/mol. The molecule has 2 atom stereocenters. The molecule has 1 aromatic rings. The molecule has 1 N–H and O–H groups in total. The second-order valence-corrected chi connectivity index (χ2v) is 11.2. The van der Waals surface area contributed by atoms with E-state index in [9.17, 15) is 0 Å². The fourth-order valence-corrected chi connectivity index (χ4v) is 7.62. The van der Waals surface area contributed by atoms with Gasteiger partial charge in [-0.1, -0.05) is 123 Å². The molecule has 0 radical (unpaired) electrons. The van der Waals surface area contributed by atoms with Gasteiger partial charge < -0.3 is 5.32 Å². The molecule has 4 aliphatic rings. The summed E-state index contributed by atoms with van der Waals surface area (Å²) in [5.74, 6) is 0.339. The summed E-state index contributed by atoms with van der Waals surface area (Å²) in [7, 11) is -0.762. The van der Waals surface area contributed by atoms with Gasteiger partial charge in [0.2, 0.25) is 0 Å². The summed E-state index contributed by atoms with van der Waals surface area (Å²) in [5, 5.41) is 7.91. The first kappa shape index (κ1) is 26.4. The average Bonchev–Trinajstić information content (AvgIpc) is 3.15. The minimum atomic E-state index is -0.762. The molecule has 1 aromatic carbocycles. The molecule has 0 saturated carbocycles. The molecule has 0 aromatic heterocycles. The van der Waals surface area contributed by atoms with Crippen molar-refractivity contribution in [3.8, 4) is 0 Å². The molecule has 1 nitrogen and oxygen atoms in total. The zero-order chi connectivity index (χ0) is 26.2. The smallest absolute Gasteiger partial charge is 0.0505 e. The maximum atomic E-state index is 4.50. The lowest BCUT2D eigenvalue weighted by molar-refractivity contribution is 0.998. The first-order valence-electron chi connectivity index (χ1n) is 12.9. The quantitative estimate of drug-likeness (QED) is 0.322. The standard InChI is InChI=1S/C33H32NP.C2H4/c1-4-5-17-30-25(3)32-24(2)13-7-6-12-23-34-33(32)29-16-10-11-18-31(29)35(30)28-21-19-26-14-8-9-15-27(26)20-22-28;1-2/h5-22,26,34H,2,4,23H2,1,3H3;1-2H2/b12-6-,13-7-,17-5-;. The fourth-order valence-electron chi connectivity index (χ4n) is 4.99. The van der Waals surface area contributed by atoms with Gasteiger partial charge in [-0.05, 0) is 53.9 Å². The van der Waals surface area contributed by atoms with Crippen LogP contribution in [-0.2, 0) is 0 Å². The van der Waals surface area contributed by atoms with Crippen LogP contribution in [0.3, 0.4) is 0 Å². The molecule has 0 fully saturated rings. The first-order chi connectivity index (χ1) is 18.2. The van der Waals surface area contributed by atoms with E-state index in [2.05, 4.69) is 148 Å². The molecule has 2 heteroatoms. The van der Waals surface area contributed by atoms with E-state index in [0.29, 0.717) is 5.92 Å². The third-order valence-corrected chi connectivity index (χ3v) is 9.37. The van der Waals surface area contributed by atoms with Crippen molar-refractivity contribution in [2.75, 3.05) is 6.54 Å². The van der Waals surface area contributed by atoms with Crippen LogP contribution in [0.25, 0.3) is 5.70 Å². The second-order valence-electron chi connectivity index (χ2n) is 9.00. The lowest BCUT2D eigenvalue weighted by atomic mass is 9.93. The van der Waals surface area contributed by atoms with Crippen LogP contribution in [0.1, 0.15) is 25.8 Å². The molecule has 0 amide bonds. The van der Waals surface area contributed by atoms with Crippen LogP contribution in [0.2, 0.25) is 0 Å². The molecular formula is C35H36NP. The first-order valence-corrected chi connectivity index (χ1v) is 14.3. The van der Waals surface area contributed by atoms with Crippen LogP contribution in [-0.4, -0.2) is 6.54 Å². The van der Waals surface area contributed by atoms with Gasteiger partial charge in [-0.2, -0.15) is 0 Å². The Balaban J connectivity index is 0.00000156. The van der Waals surface area contributed by atoms with E-state index in [1.54, 1.807) is 0 Å². The maximum Gasteiger partial charge on any atom is 0.0505 e. The van der Waals surface area contributed by atoms with Crippen LogP contribution < -0.4 is 10.6 Å². The summed E-state index contributed by atoms with van der Waals surface area (Å²) in [6.07, 6.45) is 32.3. The van der Waals surface area contributed by atoms with Crippen LogP contribution in [0.15, 0.2) is 162 Å². The van der Waals surface area contributed by atoms with Gasteiger partial charge in [0.1, 0.15) is 0 Å². The highest BCUT2D eigenvalue weighted by atomic mass is 31.1. The highest BCUT2D eigenvalue weighted by Crippen LogP contribution is 2.58. The van der Waals surface area contributed by atoms with Crippen molar-refractivity contribution in [2.45, 2.75) is 20.3 Å². The van der Waals surface area contributed by atoms with Gasteiger partial charge in [-0.15, -0.1) is 13.2 Å². The summed E-state index contributed by atoms with van der Waals surface area (Å²) < 4.78 is 0. The van der Waals surface area contributed by atoms with Crippen molar-refractivity contribution in [2.24, 2.45) is 5.92 Å². The fraction of sp³-hybridized carbons (Fsp3) is 0.143. The minimum Gasteiger partial charge on any atom is -0.381 e. The van der Waals surface area contributed by atoms with Crippen molar-refractivity contribution in [1.29, 1.82) is 0 Å². The molecule has 2 heterocycles. The molecule has 2 aliphatic carbocycles. The molecule has 2 unspecified atom stereocenters. The van der Waals surface area contributed by atoms with Gasteiger partial charge in [-0.3, -0.25) is 0 Å². The number of hydrogen-bond acceptors (Lipinski definition) is 1. The normalized spacial score (nSPS) is 24.0. The number of rotatable bonds is 3. The van der Waals surface area contributed by atoms with Gasteiger partial charge in [-0.25, -0.2) is 0 Å². The van der Waals surface area contributed by atoms with Crippen molar-refractivity contribution in [1.82, 2.24) is 5.32 Å². The highest BCUT2D eigenvalue weighted by Gasteiger charge is 2.30. The molecule has 37 heavy (non-hydrogen) atoms. The predicted molar refractivity (Wildman–Crippen MR) is 166 cm³/mol. The molecule has 0 saturated heterocycles. The van der Waals surface area contributed by atoms with Crippen LogP contribution in [0.5, 0.6) is 0 Å². The summed E-state index contributed by atoms with van der Waals surface area (Å²) in [5.41, 5.74) is 7.37. The molecule has 0 bridgehead atoms. The number of fused-ring (bicyclic) bond motifs is 3. The van der Waals surface area contributed by atoms with Gasteiger partial charge in [0.05, 0.1) is 5.70 Å². The summed E-state index contributed by atoms with van der Waals surface area (Å²) in [6.45, 7) is 15.8. The van der Waals surface area contributed by atoms with Crippen molar-refractivity contribution < 1.29 is 0 Å². The van der Waals surface area contributed by atoms with E-state index in [1.165, 1.54) is 43.9 Å². The molecular weight excluding hydrogens is 465 g/mol. The Morgan fingerprint density at radius 1 is 1.00 bits per heavy atom. The topological polar surface area (TPSA) is 12.0 Å². The molecule has 2 aliphatic heterocycles. The van der Waals surface area contributed by atoms with Gasteiger partial charge >= 0.3 is 0 Å². The Morgan fingerprint density at radius 2 is 1.81 bits per heavy atom. The van der Waals surface area contributed by atoms with Gasteiger partial charge in [0, 0.05) is 23.6 Å². The number of benzene rings is 1. The lowest BCUT2D eigenvalue weighted by Gasteiger charge is -2.23. The Labute approximate surface area is 224 Å². The lowest BCUT2D eigenvalue weighted by Crippen LogP contribution is -2.19. The van der Waals surface area contributed by atoms with Crippen molar-refractivity contribution in [3.63, 3.8) is 0 Å². The van der Waals surface area contributed by atoms with Crippen LogP contribution in [0, 0.1) is 5.92 Å². The molecule has 0 spiro atoms. The zero-order valence-corrected chi connectivity index (χ0v) is 22.8. The Kier molecular flexibility index (Phi) is 8.94. The van der Waals surface area contributed by atoms with Crippen LogP contribution >= 0.6 is 7.92 Å². The number of nitrogens with one attached hydrogen (secondary N) is 1. The highest BCUT2D eigenvalue weighted by molar-refractivity contribution is 7.74. The Hall–Kier alpha value is -3.67. The predicted octanol–water partition coefficient (Wildman–Crippen LogP) is 8.96. The van der Waals surface area contributed by atoms with Crippen LogP contribution in [0.4, 0.5) is 0 Å². The van der Waals surface area contributed by atoms with Gasteiger partial charge in [0.25, 0.3) is 0 Å². The Bertz CT molecular complexity index is 1360. The minimum absolute atomic E-state index is 0.339. The molecule has 186 valence electrons. The number of hydrogen-bond donors (Lipinski definition) is 1. The van der Waals surface area contributed by atoms with E-state index in [4.69, 9.17) is 0 Å². The van der Waals surface area contributed by atoms with Gasteiger partial charge in [0.15, 0.2) is 0 Å². The van der Waals surface area contributed by atoms with E-state index >= 15 is 0 Å². The van der Waals surface area contributed by atoms with E-state index < -0.39 is 7.92 Å². The van der Waals surface area contributed by atoms with Crippen molar-refractivity contribution >= 4 is 18.9 Å². The SMILES string of the molecule is C=C.C=C1/C=C\C=C/CNC2=C1C(C)=C(/C=C\CC)P(C1=CC=C3C=CC=CC3C=C1)c1ccccc12. The third kappa shape index (κ3) is 5.53. The molecule has 5 rings (SSSR count). The van der Waals surface area contributed by atoms with E-state index in [1.807, 2.05) is 0 Å². The summed E-state index contributed by atoms with van der Waals surface area (Å²) in [4.78, 5) is 0.